The SMILES string of the molecule is C1=CN2CCC3=NOC1C32. The van der Waals surface area contributed by atoms with Crippen LogP contribution in [0.15, 0.2) is 17.4 Å². The molecule has 0 saturated carbocycles. The molecular formula is C7H8N2O. The molecule has 0 spiro atoms. The number of hydrogen-bond acceptors (Lipinski definition) is 3. The van der Waals surface area contributed by atoms with Gasteiger partial charge in [0.05, 0.1) is 5.71 Å². The van der Waals surface area contributed by atoms with Gasteiger partial charge < -0.3 is 9.74 Å². The molecule has 1 saturated heterocycles. The highest BCUT2D eigenvalue weighted by atomic mass is 16.6. The lowest BCUT2D eigenvalue weighted by Crippen LogP contribution is -2.30. The number of oxime groups is 1. The van der Waals surface area contributed by atoms with Crippen LogP contribution in [0, 0.1) is 0 Å². The third kappa shape index (κ3) is 0.374. The van der Waals surface area contributed by atoms with E-state index in [0.717, 1.165) is 13.0 Å². The minimum Gasteiger partial charge on any atom is -0.386 e. The van der Waals surface area contributed by atoms with Crippen LogP contribution in [0.4, 0.5) is 0 Å². The van der Waals surface area contributed by atoms with Gasteiger partial charge >= 0.3 is 0 Å². The summed E-state index contributed by atoms with van der Waals surface area (Å²) in [5, 5.41) is 4.00. The van der Waals surface area contributed by atoms with Gasteiger partial charge in [0.1, 0.15) is 6.04 Å². The van der Waals surface area contributed by atoms with Crippen LogP contribution in [0.5, 0.6) is 0 Å². The van der Waals surface area contributed by atoms with Crippen molar-refractivity contribution in [3.8, 4) is 0 Å². The molecule has 0 radical (unpaired) electrons. The predicted octanol–water partition coefficient (Wildman–Crippen LogP) is 0.343. The van der Waals surface area contributed by atoms with Gasteiger partial charge in [0, 0.05) is 13.0 Å². The molecule has 3 aliphatic heterocycles. The van der Waals surface area contributed by atoms with Gasteiger partial charge in [-0.1, -0.05) is 5.16 Å². The summed E-state index contributed by atoms with van der Waals surface area (Å²) in [5.74, 6) is 0. The Hall–Kier alpha value is -0.990. The summed E-state index contributed by atoms with van der Waals surface area (Å²) in [6, 6.07) is 0.472. The van der Waals surface area contributed by atoms with E-state index < -0.39 is 0 Å². The zero-order valence-electron chi connectivity index (χ0n) is 5.53. The first kappa shape index (κ1) is 4.77. The topological polar surface area (TPSA) is 24.8 Å². The molecule has 2 atom stereocenters. The fourth-order valence-electron chi connectivity index (χ4n) is 1.89. The van der Waals surface area contributed by atoms with Crippen LogP contribution in [0.25, 0.3) is 0 Å². The van der Waals surface area contributed by atoms with Crippen molar-refractivity contribution in [2.24, 2.45) is 5.16 Å². The Morgan fingerprint density at radius 1 is 1.70 bits per heavy atom. The molecule has 3 nitrogen and oxygen atoms in total. The summed E-state index contributed by atoms with van der Waals surface area (Å²) in [4.78, 5) is 7.47. The van der Waals surface area contributed by atoms with E-state index in [0.29, 0.717) is 6.04 Å². The Morgan fingerprint density at radius 2 is 2.70 bits per heavy atom. The predicted molar refractivity (Wildman–Crippen MR) is 36.6 cm³/mol. The third-order valence-electron chi connectivity index (χ3n) is 2.39. The highest BCUT2D eigenvalue weighted by Crippen LogP contribution is 2.30. The standard InChI is InChI=1S/C7H8N2O/c1-3-9-4-2-6-7(9)5(1)8-10-6/h2,4,6-7H,1,3H2. The monoisotopic (exact) mass is 136 g/mol. The van der Waals surface area contributed by atoms with Crippen LogP contribution in [-0.4, -0.2) is 29.3 Å². The zero-order valence-corrected chi connectivity index (χ0v) is 5.53. The van der Waals surface area contributed by atoms with Gasteiger partial charge in [-0.2, -0.15) is 0 Å². The summed E-state index contributed by atoms with van der Waals surface area (Å²) in [5.41, 5.74) is 1.23. The summed E-state index contributed by atoms with van der Waals surface area (Å²) >= 11 is 0. The molecule has 1 fully saturated rings. The van der Waals surface area contributed by atoms with Crippen molar-refractivity contribution in [3.63, 3.8) is 0 Å². The lowest BCUT2D eigenvalue weighted by atomic mass is 10.1. The molecule has 3 heterocycles. The first-order valence-electron chi connectivity index (χ1n) is 3.62. The number of rotatable bonds is 0. The van der Waals surface area contributed by atoms with E-state index in [1.807, 2.05) is 0 Å². The van der Waals surface area contributed by atoms with E-state index in [9.17, 15) is 0 Å². The largest absolute Gasteiger partial charge is 0.386 e. The molecule has 0 aromatic heterocycles. The van der Waals surface area contributed by atoms with Crippen LogP contribution in [-0.2, 0) is 4.84 Å². The minimum absolute atomic E-state index is 0.234. The highest BCUT2D eigenvalue weighted by molar-refractivity contribution is 5.93. The van der Waals surface area contributed by atoms with Crippen LogP contribution >= 0.6 is 0 Å². The van der Waals surface area contributed by atoms with E-state index in [-0.39, 0.29) is 6.10 Å². The summed E-state index contributed by atoms with van der Waals surface area (Å²) in [6.07, 6.45) is 5.53. The first-order valence-corrected chi connectivity index (χ1v) is 3.62. The lowest BCUT2D eigenvalue weighted by molar-refractivity contribution is 0.0967. The molecule has 3 aliphatic rings. The lowest BCUT2D eigenvalue weighted by Gasteiger charge is -2.14. The maximum atomic E-state index is 5.17. The van der Waals surface area contributed by atoms with Gasteiger partial charge in [-0.3, -0.25) is 0 Å². The van der Waals surface area contributed by atoms with E-state index in [1.165, 1.54) is 5.71 Å². The van der Waals surface area contributed by atoms with Crippen LogP contribution in [0.2, 0.25) is 0 Å². The molecule has 3 rings (SSSR count). The number of hydrogen-bond donors (Lipinski definition) is 0. The van der Waals surface area contributed by atoms with Crippen molar-refractivity contribution >= 4 is 5.71 Å². The second-order valence-corrected chi connectivity index (χ2v) is 2.93. The maximum absolute atomic E-state index is 5.17. The van der Waals surface area contributed by atoms with Crippen LogP contribution in [0.3, 0.4) is 0 Å². The summed E-state index contributed by atoms with van der Waals surface area (Å²) in [6.45, 7) is 1.12. The average molecular weight is 136 g/mol. The smallest absolute Gasteiger partial charge is 0.173 e. The first-order chi connectivity index (χ1) is 4.95. The number of nitrogens with zero attached hydrogens (tertiary/aromatic N) is 2. The fourth-order valence-corrected chi connectivity index (χ4v) is 1.89. The highest BCUT2D eigenvalue weighted by Gasteiger charge is 2.43. The third-order valence-corrected chi connectivity index (χ3v) is 2.39. The zero-order chi connectivity index (χ0) is 6.55. The minimum atomic E-state index is 0.234. The molecule has 0 amide bonds. The van der Waals surface area contributed by atoms with Gasteiger partial charge in [-0.15, -0.1) is 0 Å². The van der Waals surface area contributed by atoms with Crippen molar-refractivity contribution in [1.82, 2.24) is 4.90 Å². The summed E-state index contributed by atoms with van der Waals surface area (Å²) in [7, 11) is 0. The van der Waals surface area contributed by atoms with E-state index in [2.05, 4.69) is 22.3 Å². The van der Waals surface area contributed by atoms with Crippen molar-refractivity contribution in [2.75, 3.05) is 6.54 Å². The molecule has 0 aromatic rings. The van der Waals surface area contributed by atoms with Crippen molar-refractivity contribution in [1.29, 1.82) is 0 Å². The van der Waals surface area contributed by atoms with Gasteiger partial charge in [0.25, 0.3) is 0 Å². The molecule has 3 heteroatoms. The Labute approximate surface area is 58.9 Å². The second kappa shape index (κ2) is 1.36. The second-order valence-electron chi connectivity index (χ2n) is 2.93. The Bertz CT molecular complexity index is 234. The molecule has 52 valence electrons. The molecular weight excluding hydrogens is 128 g/mol. The normalized spacial score (nSPS) is 40.0. The summed E-state index contributed by atoms with van der Waals surface area (Å²) < 4.78 is 0. The van der Waals surface area contributed by atoms with Gasteiger partial charge in [0.15, 0.2) is 6.10 Å². The van der Waals surface area contributed by atoms with Crippen LogP contribution < -0.4 is 0 Å². The van der Waals surface area contributed by atoms with Crippen LogP contribution in [0.1, 0.15) is 6.42 Å². The molecule has 0 aromatic carbocycles. The van der Waals surface area contributed by atoms with Gasteiger partial charge in [0.2, 0.25) is 0 Å². The Kier molecular flexibility index (Phi) is 0.649. The van der Waals surface area contributed by atoms with Crippen molar-refractivity contribution in [2.45, 2.75) is 18.6 Å². The van der Waals surface area contributed by atoms with Gasteiger partial charge in [-0.25, -0.2) is 0 Å². The van der Waals surface area contributed by atoms with E-state index >= 15 is 0 Å². The van der Waals surface area contributed by atoms with Crippen molar-refractivity contribution in [3.05, 3.63) is 12.3 Å². The molecule has 10 heavy (non-hydrogen) atoms. The van der Waals surface area contributed by atoms with E-state index in [1.54, 1.807) is 0 Å². The van der Waals surface area contributed by atoms with Gasteiger partial charge in [-0.05, 0) is 12.3 Å². The molecule has 0 aliphatic carbocycles. The van der Waals surface area contributed by atoms with E-state index in [4.69, 9.17) is 4.84 Å². The molecule has 0 bridgehead atoms. The van der Waals surface area contributed by atoms with Crippen molar-refractivity contribution < 1.29 is 4.84 Å². The average Bonchev–Trinajstić information content (AvgIpc) is 2.56. The quantitative estimate of drug-likeness (QED) is 0.479. The Morgan fingerprint density at radius 3 is 3.70 bits per heavy atom. The maximum Gasteiger partial charge on any atom is 0.173 e. The Balaban J connectivity index is 2.09. The molecule has 0 N–H and O–H groups in total. The molecule has 2 unspecified atom stereocenters. The fraction of sp³-hybridized carbons (Fsp3) is 0.571.